The van der Waals surface area contributed by atoms with Crippen LogP contribution in [-0.4, -0.2) is 58.2 Å². The molecule has 1 aromatic carbocycles. The number of phenols is 1. The van der Waals surface area contributed by atoms with Crippen LogP contribution in [0.3, 0.4) is 0 Å². The molecule has 7 unspecified atom stereocenters. The smallest absolute Gasteiger partial charge is 0.165 e. The Bertz CT molecular complexity index is 995. The topological polar surface area (TPSA) is 62.2 Å². The number of benzene rings is 1. The van der Waals surface area contributed by atoms with Gasteiger partial charge in [-0.25, -0.2) is 0 Å². The van der Waals surface area contributed by atoms with Gasteiger partial charge < -0.3 is 24.6 Å². The van der Waals surface area contributed by atoms with Crippen LogP contribution in [-0.2, 0) is 4.74 Å². The van der Waals surface area contributed by atoms with E-state index in [0.29, 0.717) is 17.7 Å². The van der Waals surface area contributed by atoms with Gasteiger partial charge in [-0.1, -0.05) is 26.8 Å². The van der Waals surface area contributed by atoms with E-state index in [1.54, 1.807) is 6.07 Å². The summed E-state index contributed by atoms with van der Waals surface area (Å²) in [6.45, 7) is 17.4. The molecule has 0 radical (unpaired) electrons. The van der Waals surface area contributed by atoms with E-state index < -0.39 is 16.8 Å². The van der Waals surface area contributed by atoms with E-state index in [2.05, 4.69) is 46.4 Å². The quantitative estimate of drug-likeness (QED) is 0.529. The summed E-state index contributed by atoms with van der Waals surface area (Å²) < 4.78 is 13.6. The standard InChI is InChI=1S/C31H49NO4/c1-19-9-12-24(33)27-26(19)23-14-16-32(18-21-10-11-21)20(2)22-13-15-31(35-8,30(23,7)36-27)25(17-22)29(6,34)28(3,4)5/h9,12,20-23,25,33-34H,10-11,13-18H2,1-8H3. The number of aryl methyl sites for hydroxylation is 1. The Morgan fingerprint density at radius 2 is 1.83 bits per heavy atom. The van der Waals surface area contributed by atoms with Gasteiger partial charge in [0.1, 0.15) is 11.2 Å². The van der Waals surface area contributed by atoms with Crippen LogP contribution in [0.2, 0.25) is 0 Å². The lowest BCUT2D eigenvalue weighted by Gasteiger charge is -2.62. The average Bonchev–Trinajstić information content (AvgIpc) is 3.58. The summed E-state index contributed by atoms with van der Waals surface area (Å²) in [5, 5.41) is 23.3. The fourth-order valence-electron chi connectivity index (χ4n) is 8.14. The first-order valence-electron chi connectivity index (χ1n) is 14.3. The van der Waals surface area contributed by atoms with E-state index in [4.69, 9.17) is 9.47 Å². The van der Waals surface area contributed by atoms with E-state index in [9.17, 15) is 10.2 Å². The number of aromatic hydroxyl groups is 1. The van der Waals surface area contributed by atoms with Crippen molar-refractivity contribution in [1.29, 1.82) is 0 Å². The van der Waals surface area contributed by atoms with Gasteiger partial charge >= 0.3 is 0 Å². The van der Waals surface area contributed by atoms with Gasteiger partial charge in [0.2, 0.25) is 0 Å². The lowest BCUT2D eigenvalue weighted by atomic mass is 9.51. The molecule has 3 heterocycles. The van der Waals surface area contributed by atoms with Crippen LogP contribution in [0.25, 0.3) is 0 Å². The second-order valence-electron chi connectivity index (χ2n) is 14.0. The molecule has 2 bridgehead atoms. The molecule has 2 N–H and O–H groups in total. The number of aliphatic hydroxyl groups is 1. The number of fused-ring (bicyclic) bond motifs is 6. The maximum absolute atomic E-state index is 12.3. The predicted molar refractivity (Wildman–Crippen MR) is 144 cm³/mol. The summed E-state index contributed by atoms with van der Waals surface area (Å²) >= 11 is 0. The number of hydrogen-bond acceptors (Lipinski definition) is 5. The molecule has 6 rings (SSSR count). The molecule has 0 spiro atoms. The number of hydrogen-bond donors (Lipinski definition) is 2. The lowest BCUT2D eigenvalue weighted by Crippen LogP contribution is -2.71. The van der Waals surface area contributed by atoms with Crippen molar-refractivity contribution >= 4 is 0 Å². The molecule has 3 aliphatic heterocycles. The van der Waals surface area contributed by atoms with E-state index in [0.717, 1.165) is 49.3 Å². The molecule has 7 atom stereocenters. The summed E-state index contributed by atoms with van der Waals surface area (Å²) in [5.41, 5.74) is -0.393. The Kier molecular flexibility index (Phi) is 6.29. The van der Waals surface area contributed by atoms with Crippen LogP contribution in [0.4, 0.5) is 0 Å². The van der Waals surface area contributed by atoms with Crippen LogP contribution in [0.5, 0.6) is 11.5 Å². The second-order valence-corrected chi connectivity index (χ2v) is 14.0. The summed E-state index contributed by atoms with van der Waals surface area (Å²) in [6, 6.07) is 4.25. The third-order valence-electron chi connectivity index (χ3n) is 11.3. The fraction of sp³-hybridized carbons (Fsp3) is 0.806. The maximum atomic E-state index is 12.3. The van der Waals surface area contributed by atoms with Gasteiger partial charge in [-0.3, -0.25) is 0 Å². The minimum absolute atomic E-state index is 0.0707. The van der Waals surface area contributed by atoms with E-state index in [1.165, 1.54) is 19.4 Å². The van der Waals surface area contributed by atoms with Crippen molar-refractivity contribution in [2.24, 2.45) is 23.2 Å². The van der Waals surface area contributed by atoms with E-state index in [-0.39, 0.29) is 23.0 Å². The lowest BCUT2D eigenvalue weighted by molar-refractivity contribution is -0.259. The molecular formula is C31H49NO4. The molecule has 5 heteroatoms. The van der Waals surface area contributed by atoms with Crippen LogP contribution in [0.1, 0.15) is 97.1 Å². The van der Waals surface area contributed by atoms with E-state index in [1.807, 2.05) is 20.1 Å². The minimum Gasteiger partial charge on any atom is -0.504 e. The Labute approximate surface area is 218 Å². The van der Waals surface area contributed by atoms with Gasteiger partial charge in [0.25, 0.3) is 0 Å². The third-order valence-corrected chi connectivity index (χ3v) is 11.3. The van der Waals surface area contributed by atoms with Gasteiger partial charge in [0.05, 0.1) is 5.60 Å². The molecule has 5 nitrogen and oxygen atoms in total. The maximum Gasteiger partial charge on any atom is 0.165 e. The van der Waals surface area contributed by atoms with Crippen molar-refractivity contribution in [3.8, 4) is 11.5 Å². The summed E-state index contributed by atoms with van der Waals surface area (Å²) in [6.07, 6.45) is 6.46. The molecule has 4 fully saturated rings. The van der Waals surface area contributed by atoms with Crippen LogP contribution in [0.15, 0.2) is 12.1 Å². The van der Waals surface area contributed by atoms with Crippen molar-refractivity contribution in [2.75, 3.05) is 20.2 Å². The molecule has 0 amide bonds. The van der Waals surface area contributed by atoms with Crippen LogP contribution < -0.4 is 4.74 Å². The molecule has 202 valence electrons. The van der Waals surface area contributed by atoms with E-state index >= 15 is 0 Å². The second kappa shape index (κ2) is 8.61. The first-order valence-corrected chi connectivity index (χ1v) is 14.3. The van der Waals surface area contributed by atoms with Crippen molar-refractivity contribution < 1.29 is 19.7 Å². The zero-order valence-corrected chi connectivity index (χ0v) is 23.9. The molecule has 0 aromatic heterocycles. The first-order chi connectivity index (χ1) is 16.8. The van der Waals surface area contributed by atoms with Gasteiger partial charge in [-0.05, 0) is 102 Å². The monoisotopic (exact) mass is 499 g/mol. The van der Waals surface area contributed by atoms with Crippen molar-refractivity contribution in [3.63, 3.8) is 0 Å². The molecule has 36 heavy (non-hydrogen) atoms. The number of nitrogens with zero attached hydrogens (tertiary/aromatic N) is 1. The highest BCUT2D eigenvalue weighted by Gasteiger charge is 2.69. The fourth-order valence-corrected chi connectivity index (χ4v) is 8.14. The Morgan fingerprint density at radius 3 is 2.44 bits per heavy atom. The predicted octanol–water partition coefficient (Wildman–Crippen LogP) is 6.04. The highest BCUT2D eigenvalue weighted by atomic mass is 16.6. The normalized spacial score (nSPS) is 38.7. The van der Waals surface area contributed by atoms with Crippen molar-refractivity contribution in [3.05, 3.63) is 23.3 Å². The van der Waals surface area contributed by atoms with Gasteiger partial charge in [0.15, 0.2) is 11.5 Å². The van der Waals surface area contributed by atoms with Gasteiger partial charge in [-0.15, -0.1) is 0 Å². The zero-order valence-electron chi connectivity index (χ0n) is 23.9. The Morgan fingerprint density at radius 1 is 1.14 bits per heavy atom. The Balaban J connectivity index is 1.70. The summed E-state index contributed by atoms with van der Waals surface area (Å²) in [5.74, 6) is 2.13. The highest BCUT2D eigenvalue weighted by molar-refractivity contribution is 5.56. The van der Waals surface area contributed by atoms with Gasteiger partial charge in [0, 0.05) is 37.1 Å². The van der Waals surface area contributed by atoms with Gasteiger partial charge in [-0.2, -0.15) is 0 Å². The summed E-state index contributed by atoms with van der Waals surface area (Å²) in [7, 11) is 1.82. The largest absolute Gasteiger partial charge is 0.504 e. The number of phenolic OH excluding ortho intramolecular Hbond substituents is 1. The van der Waals surface area contributed by atoms with Crippen LogP contribution in [0, 0.1) is 30.1 Å². The summed E-state index contributed by atoms with van der Waals surface area (Å²) in [4.78, 5) is 2.74. The molecule has 2 aliphatic carbocycles. The third kappa shape index (κ3) is 3.74. The number of ether oxygens (including phenoxy) is 2. The zero-order chi connectivity index (χ0) is 26.3. The molecule has 1 aromatic rings. The SMILES string of the molecule is COC12CCC(CC1C(C)(O)C(C)(C)C)C(C)N(CC1CC1)CCC1c3c(C)ccc(O)c3OC12C. The minimum atomic E-state index is -0.968. The number of rotatable bonds is 4. The molecule has 2 saturated heterocycles. The van der Waals surface area contributed by atoms with Crippen molar-refractivity contribution in [2.45, 2.75) is 116 Å². The average molecular weight is 500 g/mol. The Hall–Kier alpha value is -1.30. The first kappa shape index (κ1) is 26.3. The highest BCUT2D eigenvalue weighted by Crippen LogP contribution is 2.64. The molecule has 2 saturated carbocycles. The number of methoxy groups -OCH3 is 1. The molecule has 5 aliphatic rings. The molecular weight excluding hydrogens is 450 g/mol. The van der Waals surface area contributed by atoms with Crippen LogP contribution >= 0.6 is 0 Å². The van der Waals surface area contributed by atoms with Crippen molar-refractivity contribution in [1.82, 2.24) is 4.90 Å².